The molecule has 0 radical (unpaired) electrons. The van der Waals surface area contributed by atoms with E-state index in [2.05, 4.69) is 20.2 Å². The number of aryl methyl sites for hydroxylation is 1. The number of benzene rings is 1. The number of nitrogens with one attached hydrogen (secondary N) is 1. The molecule has 3 aromatic rings. The molecule has 1 aliphatic heterocycles. The van der Waals surface area contributed by atoms with E-state index in [4.69, 9.17) is 4.74 Å². The molecule has 0 spiro atoms. The molecule has 6 nitrogen and oxygen atoms in total. The van der Waals surface area contributed by atoms with E-state index in [1.54, 1.807) is 19.5 Å². The first-order valence-electron chi connectivity index (χ1n) is 10.1. The summed E-state index contributed by atoms with van der Waals surface area (Å²) in [6.45, 7) is 3.70. The Morgan fingerprint density at radius 2 is 1.93 bits per heavy atom. The minimum atomic E-state index is -0.514. The van der Waals surface area contributed by atoms with Gasteiger partial charge in [0.25, 0.3) is 0 Å². The van der Waals surface area contributed by atoms with Crippen LogP contribution < -0.4 is 15.0 Å². The number of pyridine rings is 2. The zero-order chi connectivity index (χ0) is 21.0. The summed E-state index contributed by atoms with van der Waals surface area (Å²) in [5, 5.41) is 3.12. The van der Waals surface area contributed by atoms with Gasteiger partial charge in [0, 0.05) is 37.7 Å². The molecule has 1 aliphatic rings. The number of nitrogens with zero attached hydrogens (tertiary/aromatic N) is 3. The molecule has 154 valence electrons. The van der Waals surface area contributed by atoms with Crippen molar-refractivity contribution in [3.05, 3.63) is 83.8 Å². The van der Waals surface area contributed by atoms with Gasteiger partial charge in [0.15, 0.2) is 0 Å². The van der Waals surface area contributed by atoms with Crippen molar-refractivity contribution in [1.29, 1.82) is 0 Å². The van der Waals surface area contributed by atoms with Crippen LogP contribution in [0.4, 0.5) is 5.82 Å². The Balaban J connectivity index is 1.53. The Kier molecular flexibility index (Phi) is 5.65. The van der Waals surface area contributed by atoms with E-state index in [1.807, 2.05) is 61.5 Å². The van der Waals surface area contributed by atoms with E-state index in [9.17, 15) is 4.79 Å². The van der Waals surface area contributed by atoms with Crippen molar-refractivity contribution in [2.24, 2.45) is 5.41 Å². The van der Waals surface area contributed by atoms with Gasteiger partial charge in [-0.25, -0.2) is 4.98 Å². The molecule has 1 fully saturated rings. The summed E-state index contributed by atoms with van der Waals surface area (Å²) in [7, 11) is 1.66. The molecule has 1 aromatic carbocycles. The van der Waals surface area contributed by atoms with Crippen LogP contribution in [0.25, 0.3) is 0 Å². The van der Waals surface area contributed by atoms with Crippen molar-refractivity contribution in [1.82, 2.24) is 15.3 Å². The van der Waals surface area contributed by atoms with Gasteiger partial charge in [-0.2, -0.15) is 0 Å². The van der Waals surface area contributed by atoms with Crippen molar-refractivity contribution in [2.45, 2.75) is 19.9 Å². The zero-order valence-corrected chi connectivity index (χ0v) is 17.3. The fourth-order valence-corrected chi connectivity index (χ4v) is 3.93. The van der Waals surface area contributed by atoms with Crippen molar-refractivity contribution >= 4 is 11.7 Å². The number of carbonyl (C=O) groups excluding carboxylic acids is 1. The average molecular weight is 402 g/mol. The van der Waals surface area contributed by atoms with Gasteiger partial charge in [0.2, 0.25) is 5.91 Å². The second-order valence-electron chi connectivity index (χ2n) is 7.85. The highest BCUT2D eigenvalue weighted by atomic mass is 16.5. The lowest BCUT2D eigenvalue weighted by atomic mass is 9.73. The molecule has 1 N–H and O–H groups in total. The lowest BCUT2D eigenvalue weighted by Crippen LogP contribution is -2.64. The smallest absolute Gasteiger partial charge is 0.230 e. The maximum Gasteiger partial charge on any atom is 0.230 e. The summed E-state index contributed by atoms with van der Waals surface area (Å²) >= 11 is 0. The summed E-state index contributed by atoms with van der Waals surface area (Å²) in [6, 6.07) is 17.8. The molecule has 3 heterocycles. The molecule has 0 bridgehead atoms. The number of anilines is 1. The van der Waals surface area contributed by atoms with E-state index in [-0.39, 0.29) is 5.91 Å². The summed E-state index contributed by atoms with van der Waals surface area (Å²) in [6.07, 6.45) is 4.15. The van der Waals surface area contributed by atoms with Crippen molar-refractivity contribution < 1.29 is 9.53 Å². The van der Waals surface area contributed by atoms with Gasteiger partial charge in [-0.15, -0.1) is 0 Å². The van der Waals surface area contributed by atoms with E-state index in [1.165, 1.54) is 0 Å². The highest BCUT2D eigenvalue weighted by molar-refractivity contribution is 5.86. The number of rotatable bonds is 7. The molecular weight excluding hydrogens is 376 g/mol. The van der Waals surface area contributed by atoms with E-state index in [0.717, 1.165) is 28.4 Å². The minimum absolute atomic E-state index is 0.0538. The van der Waals surface area contributed by atoms with Crippen LogP contribution in [0.5, 0.6) is 5.75 Å². The standard InChI is InChI=1S/C24H26N4O2/c1-18-6-3-10-22(27-18)28-16-24(17-28,13-19-7-4-9-21(12-19)30-2)23(29)26-15-20-8-5-11-25-14-20/h3-12,14H,13,15-17H2,1-2H3,(H,26,29). The quantitative estimate of drug-likeness (QED) is 0.658. The topological polar surface area (TPSA) is 67.3 Å². The third kappa shape index (κ3) is 4.27. The van der Waals surface area contributed by atoms with E-state index >= 15 is 0 Å². The number of aromatic nitrogens is 2. The van der Waals surface area contributed by atoms with Gasteiger partial charge in [-0.3, -0.25) is 9.78 Å². The van der Waals surface area contributed by atoms with Gasteiger partial charge < -0.3 is 15.0 Å². The van der Waals surface area contributed by atoms with Crippen LogP contribution in [0.1, 0.15) is 16.8 Å². The number of hydrogen-bond acceptors (Lipinski definition) is 5. The van der Waals surface area contributed by atoms with Crippen LogP contribution in [0.3, 0.4) is 0 Å². The fourth-order valence-electron chi connectivity index (χ4n) is 3.93. The lowest BCUT2D eigenvalue weighted by molar-refractivity contribution is -0.132. The van der Waals surface area contributed by atoms with Crippen molar-refractivity contribution in [2.75, 3.05) is 25.1 Å². The third-order valence-corrected chi connectivity index (χ3v) is 5.52. The van der Waals surface area contributed by atoms with Crippen LogP contribution in [0.2, 0.25) is 0 Å². The largest absolute Gasteiger partial charge is 0.497 e. The second kappa shape index (κ2) is 8.53. The van der Waals surface area contributed by atoms with Crippen molar-refractivity contribution in [3.8, 4) is 5.75 Å². The van der Waals surface area contributed by atoms with Crippen LogP contribution in [0.15, 0.2) is 67.0 Å². The SMILES string of the molecule is COc1cccc(CC2(C(=O)NCc3cccnc3)CN(c3cccc(C)n3)C2)c1. The molecule has 0 aliphatic carbocycles. The van der Waals surface area contributed by atoms with Gasteiger partial charge in [0.05, 0.1) is 12.5 Å². The van der Waals surface area contributed by atoms with Gasteiger partial charge in [0.1, 0.15) is 11.6 Å². The predicted octanol–water partition coefficient (Wildman–Crippen LogP) is 3.16. The Hall–Kier alpha value is -3.41. The number of amides is 1. The first-order valence-corrected chi connectivity index (χ1v) is 10.1. The van der Waals surface area contributed by atoms with Crippen LogP contribution in [-0.2, 0) is 17.8 Å². The number of methoxy groups -OCH3 is 1. The van der Waals surface area contributed by atoms with Crippen LogP contribution in [-0.4, -0.2) is 36.1 Å². The third-order valence-electron chi connectivity index (χ3n) is 5.52. The number of hydrogen-bond donors (Lipinski definition) is 1. The maximum absolute atomic E-state index is 13.3. The Morgan fingerprint density at radius 1 is 1.13 bits per heavy atom. The molecule has 6 heteroatoms. The summed E-state index contributed by atoms with van der Waals surface area (Å²) in [5.41, 5.74) is 2.53. The molecular formula is C24H26N4O2. The van der Waals surface area contributed by atoms with Gasteiger partial charge in [-0.1, -0.05) is 24.3 Å². The number of ether oxygens (including phenoxy) is 1. The first-order chi connectivity index (χ1) is 14.6. The summed E-state index contributed by atoms with van der Waals surface area (Å²) in [4.78, 5) is 24.2. The molecule has 2 aromatic heterocycles. The zero-order valence-electron chi connectivity index (χ0n) is 17.3. The molecule has 1 amide bonds. The summed E-state index contributed by atoms with van der Waals surface area (Å²) < 4.78 is 5.36. The van der Waals surface area contributed by atoms with E-state index in [0.29, 0.717) is 26.1 Å². The van der Waals surface area contributed by atoms with Crippen LogP contribution in [0, 0.1) is 12.3 Å². The minimum Gasteiger partial charge on any atom is -0.497 e. The molecule has 0 saturated carbocycles. The van der Waals surface area contributed by atoms with Gasteiger partial charge in [-0.05, 0) is 54.8 Å². The predicted molar refractivity (Wildman–Crippen MR) is 116 cm³/mol. The highest BCUT2D eigenvalue weighted by Crippen LogP contribution is 2.37. The lowest BCUT2D eigenvalue weighted by Gasteiger charge is -2.49. The summed E-state index contributed by atoms with van der Waals surface area (Å²) in [5.74, 6) is 1.77. The van der Waals surface area contributed by atoms with Crippen LogP contribution >= 0.6 is 0 Å². The molecule has 0 unspecified atom stereocenters. The Morgan fingerprint density at radius 3 is 2.67 bits per heavy atom. The Labute approximate surface area is 176 Å². The monoisotopic (exact) mass is 402 g/mol. The second-order valence-corrected chi connectivity index (χ2v) is 7.85. The maximum atomic E-state index is 13.3. The number of carbonyl (C=O) groups is 1. The highest BCUT2D eigenvalue weighted by Gasteiger charge is 2.49. The van der Waals surface area contributed by atoms with E-state index < -0.39 is 5.41 Å². The average Bonchev–Trinajstić information content (AvgIpc) is 2.75. The molecule has 4 rings (SSSR count). The molecule has 1 saturated heterocycles. The normalized spacial score (nSPS) is 14.7. The van der Waals surface area contributed by atoms with Crippen molar-refractivity contribution in [3.63, 3.8) is 0 Å². The molecule has 30 heavy (non-hydrogen) atoms. The molecule has 0 atom stereocenters. The van der Waals surface area contributed by atoms with Gasteiger partial charge >= 0.3 is 0 Å². The first kappa shape index (κ1) is 19.9. The Bertz CT molecular complexity index is 1020. The fraction of sp³-hybridized carbons (Fsp3) is 0.292.